The van der Waals surface area contributed by atoms with Gasteiger partial charge in [0, 0.05) is 29.7 Å². The van der Waals surface area contributed by atoms with Crippen LogP contribution in [0.15, 0.2) is 36.4 Å². The Morgan fingerprint density at radius 1 is 1.35 bits per heavy atom. The highest BCUT2D eigenvalue weighted by molar-refractivity contribution is 6.02. The maximum Gasteiger partial charge on any atom is 0.248 e. The minimum atomic E-state index is -0.705. The van der Waals surface area contributed by atoms with Gasteiger partial charge in [-0.3, -0.25) is 4.79 Å². The number of nitrogens with one attached hydrogen (secondary N) is 1. The number of hydrogen-bond acceptors (Lipinski definition) is 3. The van der Waals surface area contributed by atoms with Crippen LogP contribution >= 0.6 is 0 Å². The molecule has 3 rings (SSSR count). The third kappa shape index (κ3) is 4.02. The van der Waals surface area contributed by atoms with Crippen LogP contribution in [0.3, 0.4) is 0 Å². The molecule has 1 aliphatic heterocycles. The van der Waals surface area contributed by atoms with E-state index in [0.717, 1.165) is 35.9 Å². The van der Waals surface area contributed by atoms with Crippen molar-refractivity contribution in [2.24, 2.45) is 0 Å². The molecule has 136 valence electrons. The molecule has 1 heterocycles. The molecule has 26 heavy (non-hydrogen) atoms. The molecule has 0 radical (unpaired) electrons. The fourth-order valence-corrected chi connectivity index (χ4v) is 2.80. The monoisotopic (exact) mass is 359 g/mol. The molecule has 1 amide bonds. The van der Waals surface area contributed by atoms with Gasteiger partial charge < -0.3 is 14.8 Å². The molecule has 1 atom stereocenters. The Kier molecular flexibility index (Phi) is 5.21. The molecule has 0 saturated carbocycles. The third-order valence-corrected chi connectivity index (χ3v) is 3.93. The van der Waals surface area contributed by atoms with Crippen molar-refractivity contribution in [2.45, 2.75) is 26.4 Å². The number of carbonyl (C=O) groups is 1. The van der Waals surface area contributed by atoms with E-state index in [-0.39, 0.29) is 11.8 Å². The van der Waals surface area contributed by atoms with Gasteiger partial charge in [-0.05, 0) is 44.2 Å². The topological polar surface area (TPSA) is 47.6 Å². The summed E-state index contributed by atoms with van der Waals surface area (Å²) in [6, 6.07) is 6.60. The van der Waals surface area contributed by atoms with Crippen molar-refractivity contribution in [3.05, 3.63) is 59.2 Å². The number of fused-ring (bicyclic) bond motifs is 1. The van der Waals surface area contributed by atoms with E-state index in [1.807, 2.05) is 26.0 Å². The molecular weight excluding hydrogens is 340 g/mol. The molecule has 6 heteroatoms. The number of amides is 1. The number of benzene rings is 2. The second-order valence-electron chi connectivity index (χ2n) is 6.01. The fraction of sp³-hybridized carbons (Fsp3) is 0.250. The van der Waals surface area contributed by atoms with E-state index in [9.17, 15) is 13.6 Å². The smallest absolute Gasteiger partial charge is 0.248 e. The first-order valence-electron chi connectivity index (χ1n) is 8.36. The van der Waals surface area contributed by atoms with Crippen molar-refractivity contribution in [1.29, 1.82) is 0 Å². The van der Waals surface area contributed by atoms with Gasteiger partial charge in [0.05, 0.1) is 12.3 Å². The van der Waals surface area contributed by atoms with E-state index < -0.39 is 17.5 Å². The molecule has 4 nitrogen and oxygen atoms in total. The number of carbonyl (C=O) groups excluding carboxylic acids is 1. The molecule has 1 unspecified atom stereocenters. The summed E-state index contributed by atoms with van der Waals surface area (Å²) in [5.74, 6) is -0.508. The van der Waals surface area contributed by atoms with E-state index >= 15 is 0 Å². The van der Waals surface area contributed by atoms with Crippen molar-refractivity contribution in [2.75, 3.05) is 11.9 Å². The zero-order valence-electron chi connectivity index (χ0n) is 14.5. The molecular formula is C20H19F2NO3. The molecule has 2 aromatic rings. The number of rotatable bonds is 5. The summed E-state index contributed by atoms with van der Waals surface area (Å²) in [4.78, 5) is 12.0. The molecule has 1 aliphatic rings. The fourth-order valence-electron chi connectivity index (χ4n) is 2.80. The highest BCUT2D eigenvalue weighted by Gasteiger charge is 2.21. The summed E-state index contributed by atoms with van der Waals surface area (Å²) >= 11 is 0. The van der Waals surface area contributed by atoms with Gasteiger partial charge in [-0.1, -0.05) is 0 Å². The predicted octanol–water partition coefficient (Wildman–Crippen LogP) is 4.34. The van der Waals surface area contributed by atoms with Crippen LogP contribution in [-0.4, -0.2) is 18.6 Å². The molecule has 2 aromatic carbocycles. The van der Waals surface area contributed by atoms with Crippen LogP contribution < -0.4 is 14.8 Å². The summed E-state index contributed by atoms with van der Waals surface area (Å²) in [6.45, 7) is 4.34. The molecule has 0 saturated heterocycles. The van der Waals surface area contributed by atoms with E-state index in [4.69, 9.17) is 9.47 Å². The van der Waals surface area contributed by atoms with E-state index in [0.29, 0.717) is 17.9 Å². The van der Waals surface area contributed by atoms with Gasteiger partial charge in [-0.25, -0.2) is 8.78 Å². The Hall–Kier alpha value is -2.89. The van der Waals surface area contributed by atoms with Gasteiger partial charge in [0.25, 0.3) is 0 Å². The first-order valence-corrected chi connectivity index (χ1v) is 8.36. The van der Waals surface area contributed by atoms with Crippen molar-refractivity contribution >= 4 is 17.7 Å². The minimum absolute atomic E-state index is 0.0953. The van der Waals surface area contributed by atoms with Crippen LogP contribution in [0.4, 0.5) is 14.5 Å². The Morgan fingerprint density at radius 3 is 2.92 bits per heavy atom. The summed E-state index contributed by atoms with van der Waals surface area (Å²) in [5, 5.41) is 2.32. The van der Waals surface area contributed by atoms with Crippen LogP contribution in [-0.2, 0) is 11.2 Å². The summed E-state index contributed by atoms with van der Waals surface area (Å²) in [7, 11) is 0. The van der Waals surface area contributed by atoms with E-state index in [1.54, 1.807) is 6.08 Å². The van der Waals surface area contributed by atoms with Crippen LogP contribution in [0.25, 0.3) is 6.08 Å². The molecule has 0 aliphatic carbocycles. The molecule has 0 bridgehead atoms. The van der Waals surface area contributed by atoms with Crippen molar-refractivity contribution in [3.63, 3.8) is 0 Å². The minimum Gasteiger partial charge on any atom is -0.493 e. The van der Waals surface area contributed by atoms with Gasteiger partial charge in [-0.2, -0.15) is 0 Å². The number of halogens is 2. The van der Waals surface area contributed by atoms with E-state index in [2.05, 4.69) is 5.32 Å². The average Bonchev–Trinajstić information content (AvgIpc) is 2.95. The highest BCUT2D eigenvalue weighted by atomic mass is 19.1. The van der Waals surface area contributed by atoms with E-state index in [1.165, 1.54) is 6.08 Å². The summed E-state index contributed by atoms with van der Waals surface area (Å²) in [5.41, 5.74) is 1.52. The maximum absolute atomic E-state index is 13.6. The van der Waals surface area contributed by atoms with Crippen LogP contribution in [0.2, 0.25) is 0 Å². The van der Waals surface area contributed by atoms with Gasteiger partial charge in [0.1, 0.15) is 29.2 Å². The average molecular weight is 359 g/mol. The van der Waals surface area contributed by atoms with Gasteiger partial charge >= 0.3 is 0 Å². The Balaban J connectivity index is 1.80. The normalized spacial score (nSPS) is 15.6. The third-order valence-electron chi connectivity index (χ3n) is 3.93. The zero-order chi connectivity index (χ0) is 18.7. The second kappa shape index (κ2) is 7.56. The number of anilines is 1. The molecule has 0 fully saturated rings. The Morgan fingerprint density at radius 2 is 2.15 bits per heavy atom. The second-order valence-corrected chi connectivity index (χ2v) is 6.01. The zero-order valence-corrected chi connectivity index (χ0v) is 14.5. The first-order chi connectivity index (χ1) is 12.5. The quantitative estimate of drug-likeness (QED) is 0.808. The van der Waals surface area contributed by atoms with Crippen molar-refractivity contribution in [3.8, 4) is 11.5 Å². The van der Waals surface area contributed by atoms with Crippen LogP contribution in [0.5, 0.6) is 11.5 Å². The lowest BCUT2D eigenvalue weighted by molar-refractivity contribution is -0.111. The molecule has 0 spiro atoms. The van der Waals surface area contributed by atoms with Crippen LogP contribution in [0.1, 0.15) is 25.0 Å². The van der Waals surface area contributed by atoms with Gasteiger partial charge in [0.15, 0.2) is 0 Å². The standard InChI is InChI=1S/C20H19F2NO3/c1-3-25-18-10-14-8-12(2)26-19(14)9-13(18)4-7-20(24)23-17-11-15(21)5-6-16(17)22/h4-7,9-12H,3,8H2,1-2H3,(H,23,24)/b7-4+. The van der Waals surface area contributed by atoms with Gasteiger partial charge in [-0.15, -0.1) is 0 Å². The number of ether oxygens (including phenoxy) is 2. The lowest BCUT2D eigenvalue weighted by atomic mass is 10.1. The SMILES string of the molecule is CCOc1cc2c(cc1/C=C/C(=O)Nc1cc(F)ccc1F)OC(C)C2. The highest BCUT2D eigenvalue weighted by Crippen LogP contribution is 2.35. The molecule has 0 aromatic heterocycles. The lowest BCUT2D eigenvalue weighted by Crippen LogP contribution is -2.09. The van der Waals surface area contributed by atoms with Crippen molar-refractivity contribution in [1.82, 2.24) is 0 Å². The Bertz CT molecular complexity index is 864. The molecule has 1 N–H and O–H groups in total. The largest absolute Gasteiger partial charge is 0.493 e. The predicted molar refractivity (Wildman–Crippen MR) is 95.4 cm³/mol. The van der Waals surface area contributed by atoms with Crippen molar-refractivity contribution < 1.29 is 23.0 Å². The van der Waals surface area contributed by atoms with Gasteiger partial charge in [0.2, 0.25) is 5.91 Å². The first kappa shape index (κ1) is 17.9. The van der Waals surface area contributed by atoms with Crippen LogP contribution in [0, 0.1) is 11.6 Å². The Labute approximate surface area is 150 Å². The number of hydrogen-bond donors (Lipinski definition) is 1. The maximum atomic E-state index is 13.6. The summed E-state index contributed by atoms with van der Waals surface area (Å²) < 4.78 is 38.1. The summed E-state index contributed by atoms with van der Waals surface area (Å²) in [6.07, 6.45) is 3.70. The lowest BCUT2D eigenvalue weighted by Gasteiger charge is -2.10.